The monoisotopic (exact) mass is 304 g/mol. The predicted octanol–water partition coefficient (Wildman–Crippen LogP) is 2.92. The molecule has 1 amide bonds. The van der Waals surface area contributed by atoms with E-state index in [0.717, 1.165) is 17.7 Å². The van der Waals surface area contributed by atoms with Crippen molar-refractivity contribution in [3.05, 3.63) is 29.8 Å². The highest BCUT2D eigenvalue weighted by atomic mass is 16.5. The van der Waals surface area contributed by atoms with Gasteiger partial charge in [-0.25, -0.2) is 0 Å². The first-order chi connectivity index (χ1) is 10.6. The lowest BCUT2D eigenvalue weighted by atomic mass is 10.1. The maximum atomic E-state index is 12.3. The zero-order chi connectivity index (χ0) is 15.9. The van der Waals surface area contributed by atoms with Gasteiger partial charge in [0.05, 0.1) is 7.11 Å². The van der Waals surface area contributed by atoms with E-state index in [2.05, 4.69) is 11.8 Å². The van der Waals surface area contributed by atoms with Gasteiger partial charge in [-0.3, -0.25) is 4.79 Å². The summed E-state index contributed by atoms with van der Waals surface area (Å²) in [4.78, 5) is 16.6. The van der Waals surface area contributed by atoms with E-state index in [0.29, 0.717) is 19.0 Å². The minimum atomic E-state index is 0.217. The van der Waals surface area contributed by atoms with Crippen LogP contribution in [0.3, 0.4) is 0 Å². The van der Waals surface area contributed by atoms with Gasteiger partial charge >= 0.3 is 0 Å². The summed E-state index contributed by atoms with van der Waals surface area (Å²) in [5, 5.41) is 0. The minimum absolute atomic E-state index is 0.217. The lowest BCUT2D eigenvalue weighted by Gasteiger charge is -2.24. The molecule has 122 valence electrons. The third kappa shape index (κ3) is 4.73. The van der Waals surface area contributed by atoms with Crippen LogP contribution in [0.2, 0.25) is 0 Å². The quantitative estimate of drug-likeness (QED) is 0.776. The van der Waals surface area contributed by atoms with Crippen LogP contribution >= 0.6 is 0 Å². The standard InChI is InChI=1S/C18H28N2O2/c1-15(20-11-4-5-12-20)9-10-18(21)19(2)14-16-7-6-8-17(13-16)22-3/h6-8,13,15H,4-5,9-12,14H2,1-3H3/t15-/m1/s1. The van der Waals surface area contributed by atoms with Crippen molar-refractivity contribution in [3.63, 3.8) is 0 Å². The first-order valence-corrected chi connectivity index (χ1v) is 8.21. The van der Waals surface area contributed by atoms with Crippen molar-refractivity contribution in [2.75, 3.05) is 27.2 Å². The summed E-state index contributed by atoms with van der Waals surface area (Å²) in [7, 11) is 3.54. The molecular weight excluding hydrogens is 276 g/mol. The normalized spacial score (nSPS) is 16.5. The SMILES string of the molecule is COc1cccc(CN(C)C(=O)CC[C@@H](C)N2CCCC2)c1. The number of hydrogen-bond donors (Lipinski definition) is 0. The van der Waals surface area contributed by atoms with E-state index in [1.54, 1.807) is 7.11 Å². The highest BCUT2D eigenvalue weighted by molar-refractivity contribution is 5.75. The van der Waals surface area contributed by atoms with Crippen LogP contribution in [0, 0.1) is 0 Å². The average Bonchev–Trinajstić information content (AvgIpc) is 3.06. The number of amides is 1. The Labute approximate surface area is 134 Å². The summed E-state index contributed by atoms with van der Waals surface area (Å²) in [6.45, 7) is 5.25. The largest absolute Gasteiger partial charge is 0.497 e. The molecular formula is C18H28N2O2. The van der Waals surface area contributed by atoms with Gasteiger partial charge in [0, 0.05) is 26.1 Å². The minimum Gasteiger partial charge on any atom is -0.497 e. The number of carbonyl (C=O) groups excluding carboxylic acids is 1. The van der Waals surface area contributed by atoms with Crippen LogP contribution in [0.5, 0.6) is 5.75 Å². The summed E-state index contributed by atoms with van der Waals surface area (Å²) in [6.07, 6.45) is 4.17. The Hall–Kier alpha value is -1.55. The molecule has 4 nitrogen and oxygen atoms in total. The van der Waals surface area contributed by atoms with Crippen molar-refractivity contribution in [1.29, 1.82) is 0 Å². The van der Waals surface area contributed by atoms with Gasteiger partial charge in [-0.15, -0.1) is 0 Å². The molecule has 1 aromatic carbocycles. The zero-order valence-corrected chi connectivity index (χ0v) is 14.0. The molecule has 1 aromatic rings. The molecule has 0 aromatic heterocycles. The predicted molar refractivity (Wildman–Crippen MR) is 89.0 cm³/mol. The molecule has 0 bridgehead atoms. The molecule has 0 unspecified atom stereocenters. The Balaban J connectivity index is 1.78. The van der Waals surface area contributed by atoms with E-state index in [4.69, 9.17) is 4.74 Å². The number of benzene rings is 1. The third-order valence-electron chi connectivity index (χ3n) is 4.52. The molecule has 1 fully saturated rings. The molecule has 1 atom stereocenters. The molecule has 1 heterocycles. The van der Waals surface area contributed by atoms with Crippen LogP contribution in [0.15, 0.2) is 24.3 Å². The number of likely N-dealkylation sites (tertiary alicyclic amines) is 1. The second-order valence-electron chi connectivity index (χ2n) is 6.23. The van der Waals surface area contributed by atoms with Crippen molar-refractivity contribution >= 4 is 5.91 Å². The second-order valence-corrected chi connectivity index (χ2v) is 6.23. The number of ether oxygens (including phenoxy) is 1. The fourth-order valence-electron chi connectivity index (χ4n) is 3.02. The molecule has 0 aliphatic carbocycles. The van der Waals surface area contributed by atoms with Crippen molar-refractivity contribution in [2.45, 2.75) is 45.2 Å². The number of nitrogens with zero attached hydrogens (tertiary/aromatic N) is 2. The van der Waals surface area contributed by atoms with Gasteiger partial charge in [0.1, 0.15) is 5.75 Å². The number of rotatable bonds is 7. The smallest absolute Gasteiger partial charge is 0.222 e. The second kappa shape index (κ2) is 8.18. The summed E-state index contributed by atoms with van der Waals surface area (Å²) >= 11 is 0. The molecule has 1 aliphatic rings. The summed E-state index contributed by atoms with van der Waals surface area (Å²) < 4.78 is 5.22. The van der Waals surface area contributed by atoms with Crippen molar-refractivity contribution in [2.24, 2.45) is 0 Å². The topological polar surface area (TPSA) is 32.8 Å². The highest BCUT2D eigenvalue weighted by Crippen LogP contribution is 2.17. The fraction of sp³-hybridized carbons (Fsp3) is 0.611. The Kier molecular flexibility index (Phi) is 6.25. The van der Waals surface area contributed by atoms with E-state index in [1.807, 2.05) is 36.2 Å². The summed E-state index contributed by atoms with van der Waals surface area (Å²) in [5.41, 5.74) is 1.10. The van der Waals surface area contributed by atoms with Gasteiger partial charge in [0.25, 0.3) is 0 Å². The molecule has 0 saturated carbocycles. The van der Waals surface area contributed by atoms with Crippen LogP contribution < -0.4 is 4.74 Å². The lowest BCUT2D eigenvalue weighted by Crippen LogP contribution is -2.32. The molecule has 1 saturated heterocycles. The van der Waals surface area contributed by atoms with E-state index < -0.39 is 0 Å². The van der Waals surface area contributed by atoms with Gasteiger partial charge in [-0.2, -0.15) is 0 Å². The molecule has 4 heteroatoms. The van der Waals surface area contributed by atoms with Crippen LogP contribution in [0.4, 0.5) is 0 Å². The number of carbonyl (C=O) groups is 1. The maximum Gasteiger partial charge on any atom is 0.222 e. The van der Waals surface area contributed by atoms with Crippen molar-refractivity contribution in [1.82, 2.24) is 9.80 Å². The summed E-state index contributed by atoms with van der Waals surface area (Å²) in [5.74, 6) is 1.05. The van der Waals surface area contributed by atoms with Crippen molar-refractivity contribution < 1.29 is 9.53 Å². The van der Waals surface area contributed by atoms with Gasteiger partial charge in [0.15, 0.2) is 0 Å². The summed E-state index contributed by atoms with van der Waals surface area (Å²) in [6, 6.07) is 8.40. The lowest BCUT2D eigenvalue weighted by molar-refractivity contribution is -0.130. The first-order valence-electron chi connectivity index (χ1n) is 8.21. The molecule has 0 N–H and O–H groups in total. The van der Waals surface area contributed by atoms with E-state index in [-0.39, 0.29) is 5.91 Å². The molecule has 2 rings (SSSR count). The van der Waals surface area contributed by atoms with Gasteiger partial charge in [-0.1, -0.05) is 12.1 Å². The maximum absolute atomic E-state index is 12.3. The Bertz CT molecular complexity index is 484. The van der Waals surface area contributed by atoms with Gasteiger partial charge in [-0.05, 0) is 57.0 Å². The Morgan fingerprint density at radius 3 is 2.77 bits per heavy atom. The highest BCUT2D eigenvalue weighted by Gasteiger charge is 2.19. The third-order valence-corrected chi connectivity index (χ3v) is 4.52. The van der Waals surface area contributed by atoms with E-state index in [1.165, 1.54) is 25.9 Å². The fourth-order valence-corrected chi connectivity index (χ4v) is 3.02. The van der Waals surface area contributed by atoms with Crippen LogP contribution in [-0.2, 0) is 11.3 Å². The number of hydrogen-bond acceptors (Lipinski definition) is 3. The van der Waals surface area contributed by atoms with E-state index in [9.17, 15) is 4.79 Å². The van der Waals surface area contributed by atoms with Crippen LogP contribution in [-0.4, -0.2) is 49.0 Å². The number of methoxy groups -OCH3 is 1. The van der Waals surface area contributed by atoms with Crippen LogP contribution in [0.1, 0.15) is 38.2 Å². The Morgan fingerprint density at radius 2 is 2.09 bits per heavy atom. The molecule has 22 heavy (non-hydrogen) atoms. The zero-order valence-electron chi connectivity index (χ0n) is 14.0. The molecule has 1 aliphatic heterocycles. The van der Waals surface area contributed by atoms with E-state index >= 15 is 0 Å². The molecule has 0 spiro atoms. The Morgan fingerprint density at radius 1 is 1.36 bits per heavy atom. The van der Waals surface area contributed by atoms with Gasteiger partial charge in [0.2, 0.25) is 5.91 Å². The van der Waals surface area contributed by atoms with Crippen molar-refractivity contribution in [3.8, 4) is 5.75 Å². The first kappa shape index (κ1) is 16.8. The van der Waals surface area contributed by atoms with Gasteiger partial charge < -0.3 is 14.5 Å². The molecule has 0 radical (unpaired) electrons. The van der Waals surface area contributed by atoms with Crippen LogP contribution in [0.25, 0.3) is 0 Å². The average molecular weight is 304 g/mol.